The smallest absolute Gasteiger partial charge is 0.222 e. The predicted molar refractivity (Wildman–Crippen MR) is 56.1 cm³/mol. The number of nitrogens with two attached hydrogens (primary N) is 1. The highest BCUT2D eigenvalue weighted by molar-refractivity contribution is 7.10. The molecule has 0 aromatic carbocycles. The third kappa shape index (κ3) is 1.63. The molecule has 2 heterocycles. The number of hydrogen-bond acceptors (Lipinski definition) is 5. The molecule has 0 aliphatic heterocycles. The Bertz CT molecular complexity index is 433. The van der Waals surface area contributed by atoms with Crippen LogP contribution in [0.4, 0.5) is 5.88 Å². The van der Waals surface area contributed by atoms with Gasteiger partial charge in [-0.05, 0) is 0 Å². The van der Waals surface area contributed by atoms with Crippen LogP contribution in [0.2, 0.25) is 0 Å². The monoisotopic (exact) mass is 209 g/mol. The van der Waals surface area contributed by atoms with Crippen LogP contribution in [0.3, 0.4) is 0 Å². The standard InChI is InChI=1S/C9H11N3OS/c1-5(2)9-11-7(4-14-9)6-3-8(10)13-12-6/h3-5H,10H2,1-2H3. The highest BCUT2D eigenvalue weighted by Gasteiger charge is 2.10. The number of rotatable bonds is 2. The molecule has 0 saturated carbocycles. The third-order valence-corrected chi connectivity index (χ3v) is 2.95. The summed E-state index contributed by atoms with van der Waals surface area (Å²) in [5.41, 5.74) is 6.96. The minimum Gasteiger partial charge on any atom is -0.368 e. The van der Waals surface area contributed by atoms with Crippen molar-refractivity contribution >= 4 is 17.2 Å². The van der Waals surface area contributed by atoms with Crippen LogP contribution >= 0.6 is 11.3 Å². The number of hydrogen-bond donors (Lipinski definition) is 1. The summed E-state index contributed by atoms with van der Waals surface area (Å²) in [6.45, 7) is 4.22. The molecule has 0 radical (unpaired) electrons. The van der Waals surface area contributed by atoms with Crippen LogP contribution in [0.5, 0.6) is 0 Å². The van der Waals surface area contributed by atoms with E-state index in [1.807, 2.05) is 5.38 Å². The van der Waals surface area contributed by atoms with Crippen molar-refractivity contribution in [3.05, 3.63) is 16.5 Å². The molecule has 5 heteroatoms. The maximum atomic E-state index is 5.43. The average Bonchev–Trinajstić information content (AvgIpc) is 2.70. The molecule has 0 aliphatic rings. The molecule has 0 bridgehead atoms. The van der Waals surface area contributed by atoms with Gasteiger partial charge in [0.05, 0.1) is 5.01 Å². The largest absolute Gasteiger partial charge is 0.368 e. The van der Waals surface area contributed by atoms with E-state index in [1.165, 1.54) is 0 Å². The van der Waals surface area contributed by atoms with Crippen LogP contribution < -0.4 is 5.73 Å². The summed E-state index contributed by atoms with van der Waals surface area (Å²) < 4.78 is 4.78. The lowest BCUT2D eigenvalue weighted by molar-refractivity contribution is 0.439. The minimum atomic E-state index is 0.319. The molecule has 2 N–H and O–H groups in total. The quantitative estimate of drug-likeness (QED) is 0.825. The molecular weight excluding hydrogens is 198 g/mol. The Hall–Kier alpha value is -1.36. The van der Waals surface area contributed by atoms with Gasteiger partial charge in [0.2, 0.25) is 5.88 Å². The second kappa shape index (κ2) is 3.42. The van der Waals surface area contributed by atoms with Crippen LogP contribution in [0, 0.1) is 0 Å². The molecule has 0 fully saturated rings. The van der Waals surface area contributed by atoms with Crippen molar-refractivity contribution in [3.63, 3.8) is 0 Å². The van der Waals surface area contributed by atoms with Gasteiger partial charge in [-0.25, -0.2) is 4.98 Å². The van der Waals surface area contributed by atoms with Gasteiger partial charge < -0.3 is 10.3 Å². The zero-order valence-corrected chi connectivity index (χ0v) is 8.84. The van der Waals surface area contributed by atoms with Gasteiger partial charge >= 0.3 is 0 Å². The Morgan fingerprint density at radius 2 is 2.21 bits per heavy atom. The van der Waals surface area contributed by atoms with Gasteiger partial charge in [-0.15, -0.1) is 11.3 Å². The van der Waals surface area contributed by atoms with E-state index in [9.17, 15) is 0 Å². The summed E-state index contributed by atoms with van der Waals surface area (Å²) >= 11 is 1.63. The topological polar surface area (TPSA) is 64.9 Å². The first-order valence-electron chi connectivity index (χ1n) is 4.35. The molecule has 0 saturated heterocycles. The van der Waals surface area contributed by atoms with E-state index in [1.54, 1.807) is 17.4 Å². The minimum absolute atomic E-state index is 0.319. The predicted octanol–water partition coefficient (Wildman–Crippen LogP) is 2.50. The number of anilines is 1. The lowest BCUT2D eigenvalue weighted by Gasteiger charge is -1.95. The molecule has 74 valence electrons. The van der Waals surface area contributed by atoms with Crippen molar-refractivity contribution in [1.29, 1.82) is 0 Å². The van der Waals surface area contributed by atoms with E-state index in [0.29, 0.717) is 17.5 Å². The van der Waals surface area contributed by atoms with Crippen molar-refractivity contribution in [2.45, 2.75) is 19.8 Å². The molecule has 0 unspecified atom stereocenters. The summed E-state index contributed by atoms with van der Waals surface area (Å²) in [5, 5.41) is 6.87. The highest BCUT2D eigenvalue weighted by Crippen LogP contribution is 2.26. The molecule has 4 nitrogen and oxygen atoms in total. The second-order valence-corrected chi connectivity index (χ2v) is 4.23. The third-order valence-electron chi connectivity index (χ3n) is 1.81. The Morgan fingerprint density at radius 1 is 1.43 bits per heavy atom. The van der Waals surface area contributed by atoms with Crippen molar-refractivity contribution in [3.8, 4) is 11.4 Å². The molecule has 2 rings (SSSR count). The molecule has 14 heavy (non-hydrogen) atoms. The van der Waals surface area contributed by atoms with Crippen LogP contribution in [-0.4, -0.2) is 10.1 Å². The van der Waals surface area contributed by atoms with Gasteiger partial charge in [0.1, 0.15) is 11.4 Å². The molecule has 0 amide bonds. The van der Waals surface area contributed by atoms with E-state index >= 15 is 0 Å². The summed E-state index contributed by atoms with van der Waals surface area (Å²) in [4.78, 5) is 4.43. The van der Waals surface area contributed by atoms with Gasteiger partial charge in [-0.1, -0.05) is 19.0 Å². The van der Waals surface area contributed by atoms with Gasteiger partial charge in [-0.2, -0.15) is 0 Å². The number of aromatic nitrogens is 2. The van der Waals surface area contributed by atoms with Crippen molar-refractivity contribution in [2.75, 3.05) is 5.73 Å². The van der Waals surface area contributed by atoms with E-state index < -0.39 is 0 Å². The Kier molecular flexibility index (Phi) is 2.25. The Labute approximate surface area is 85.7 Å². The second-order valence-electron chi connectivity index (χ2n) is 3.34. The lowest BCUT2D eigenvalue weighted by Crippen LogP contribution is -1.85. The molecule has 0 spiro atoms. The molecular formula is C9H11N3OS. The zero-order chi connectivity index (χ0) is 10.1. The van der Waals surface area contributed by atoms with Gasteiger partial charge in [-0.3, -0.25) is 0 Å². The number of nitrogens with zero attached hydrogens (tertiary/aromatic N) is 2. The SMILES string of the molecule is CC(C)c1nc(-c2cc(N)on2)cs1. The normalized spacial score (nSPS) is 11.1. The first kappa shape index (κ1) is 9.21. The zero-order valence-electron chi connectivity index (χ0n) is 8.02. The van der Waals surface area contributed by atoms with Gasteiger partial charge in [0, 0.05) is 17.4 Å². The maximum absolute atomic E-state index is 5.43. The Morgan fingerprint density at radius 3 is 2.71 bits per heavy atom. The molecule has 2 aromatic rings. The molecule has 0 atom stereocenters. The van der Waals surface area contributed by atoms with Crippen molar-refractivity contribution < 1.29 is 4.52 Å². The number of nitrogen functional groups attached to an aromatic ring is 1. The first-order valence-corrected chi connectivity index (χ1v) is 5.23. The molecule has 0 aliphatic carbocycles. The van der Waals surface area contributed by atoms with Crippen LogP contribution in [0.15, 0.2) is 16.0 Å². The van der Waals surface area contributed by atoms with Crippen molar-refractivity contribution in [1.82, 2.24) is 10.1 Å². The van der Waals surface area contributed by atoms with Crippen LogP contribution in [0.1, 0.15) is 24.8 Å². The maximum Gasteiger partial charge on any atom is 0.222 e. The number of thiazole rings is 1. The molecule has 2 aromatic heterocycles. The van der Waals surface area contributed by atoms with E-state index in [0.717, 1.165) is 10.7 Å². The summed E-state index contributed by atoms with van der Waals surface area (Å²) in [5.74, 6) is 0.761. The van der Waals surface area contributed by atoms with Gasteiger partial charge in [0.15, 0.2) is 0 Å². The van der Waals surface area contributed by atoms with E-state index in [-0.39, 0.29) is 0 Å². The first-order chi connectivity index (χ1) is 6.66. The lowest BCUT2D eigenvalue weighted by atomic mass is 10.2. The fourth-order valence-electron chi connectivity index (χ4n) is 1.08. The van der Waals surface area contributed by atoms with Crippen molar-refractivity contribution in [2.24, 2.45) is 0 Å². The van der Waals surface area contributed by atoms with Crippen LogP contribution in [0.25, 0.3) is 11.4 Å². The summed E-state index contributed by atoms with van der Waals surface area (Å²) in [6.07, 6.45) is 0. The highest BCUT2D eigenvalue weighted by atomic mass is 32.1. The van der Waals surface area contributed by atoms with E-state index in [4.69, 9.17) is 10.3 Å². The van der Waals surface area contributed by atoms with Gasteiger partial charge in [0.25, 0.3) is 0 Å². The van der Waals surface area contributed by atoms with Crippen LogP contribution in [-0.2, 0) is 0 Å². The fraction of sp³-hybridized carbons (Fsp3) is 0.333. The van der Waals surface area contributed by atoms with E-state index in [2.05, 4.69) is 24.0 Å². The fourth-order valence-corrected chi connectivity index (χ4v) is 1.91. The Balaban J connectivity index is 2.33. The summed E-state index contributed by atoms with van der Waals surface area (Å²) in [7, 11) is 0. The average molecular weight is 209 g/mol. The summed E-state index contributed by atoms with van der Waals surface area (Å²) in [6, 6.07) is 1.68.